The fourth-order valence-electron chi connectivity index (χ4n) is 11.0. The van der Waals surface area contributed by atoms with Gasteiger partial charge in [-0.3, -0.25) is 37.3 Å². The molecule has 2 unspecified atom stereocenters. The van der Waals surface area contributed by atoms with Gasteiger partial charge in [0.15, 0.2) is 12.2 Å². The molecule has 106 heavy (non-hydrogen) atoms. The maximum absolute atomic E-state index is 13.1. The summed E-state index contributed by atoms with van der Waals surface area (Å²) in [4.78, 5) is 73.1. The van der Waals surface area contributed by atoms with Crippen molar-refractivity contribution in [2.75, 3.05) is 39.6 Å². The van der Waals surface area contributed by atoms with Crippen molar-refractivity contribution in [3.63, 3.8) is 0 Å². The topological polar surface area (TPSA) is 237 Å². The minimum absolute atomic E-state index is 0.00531. The summed E-state index contributed by atoms with van der Waals surface area (Å²) in [6.07, 6.45) is 87.5. The van der Waals surface area contributed by atoms with Crippen LogP contribution in [0.1, 0.15) is 349 Å². The van der Waals surface area contributed by atoms with E-state index in [9.17, 15) is 43.2 Å². The molecule has 0 spiro atoms. The van der Waals surface area contributed by atoms with Crippen LogP contribution in [-0.4, -0.2) is 96.7 Å². The second-order valence-electron chi connectivity index (χ2n) is 27.7. The third-order valence-corrected chi connectivity index (χ3v) is 19.3. The highest BCUT2D eigenvalue weighted by atomic mass is 31.2. The molecule has 0 bridgehead atoms. The molecule has 0 rings (SSSR count). The highest BCUT2D eigenvalue weighted by Gasteiger charge is 2.30. The number of unbranched alkanes of at least 4 members (excludes halogenated alkanes) is 32. The van der Waals surface area contributed by atoms with E-state index < -0.39 is 97.5 Å². The van der Waals surface area contributed by atoms with E-state index in [-0.39, 0.29) is 25.7 Å². The number of esters is 4. The highest BCUT2D eigenvalue weighted by Crippen LogP contribution is 2.45. The molecule has 0 amide bonds. The first-order chi connectivity index (χ1) is 51.7. The molecule has 0 fully saturated rings. The van der Waals surface area contributed by atoms with Crippen molar-refractivity contribution in [1.29, 1.82) is 0 Å². The zero-order valence-corrected chi connectivity index (χ0v) is 68.6. The lowest BCUT2D eigenvalue weighted by atomic mass is 10.0. The lowest BCUT2D eigenvalue weighted by Gasteiger charge is -2.21. The predicted molar refractivity (Wildman–Crippen MR) is 436 cm³/mol. The Kier molecular flexibility index (Phi) is 75.2. The van der Waals surface area contributed by atoms with Crippen LogP contribution in [0.2, 0.25) is 0 Å². The molecule has 19 heteroatoms. The Morgan fingerprint density at radius 3 is 0.774 bits per heavy atom. The summed E-state index contributed by atoms with van der Waals surface area (Å²) >= 11 is 0. The Hall–Kier alpha value is -4.54. The summed E-state index contributed by atoms with van der Waals surface area (Å²) in [7, 11) is -10.00. The molecule has 17 nitrogen and oxygen atoms in total. The van der Waals surface area contributed by atoms with Crippen molar-refractivity contribution in [2.24, 2.45) is 0 Å². The number of hydrogen-bond acceptors (Lipinski definition) is 15. The van der Waals surface area contributed by atoms with Gasteiger partial charge in [-0.2, -0.15) is 0 Å². The number of ether oxygens (including phenoxy) is 4. The Morgan fingerprint density at radius 2 is 0.472 bits per heavy atom. The van der Waals surface area contributed by atoms with E-state index in [0.29, 0.717) is 38.5 Å². The maximum Gasteiger partial charge on any atom is 0.472 e. The second-order valence-corrected chi connectivity index (χ2v) is 30.6. The third kappa shape index (κ3) is 77.6. The Bertz CT molecular complexity index is 2480. The van der Waals surface area contributed by atoms with Gasteiger partial charge in [-0.25, -0.2) is 9.13 Å². The molecule has 0 saturated heterocycles. The summed E-state index contributed by atoms with van der Waals surface area (Å²) in [5.74, 6) is -2.31. The zero-order chi connectivity index (χ0) is 77.4. The van der Waals surface area contributed by atoms with Crippen molar-refractivity contribution in [3.05, 3.63) is 122 Å². The number of allylic oxidation sites excluding steroid dienone is 20. The van der Waals surface area contributed by atoms with Crippen molar-refractivity contribution in [3.8, 4) is 0 Å². The summed E-state index contributed by atoms with van der Waals surface area (Å²) in [6.45, 7) is 4.70. The average molecular weight is 1530 g/mol. The molecular weight excluding hydrogens is 1380 g/mol. The lowest BCUT2D eigenvalue weighted by Crippen LogP contribution is -2.30. The fraction of sp³-hybridized carbons (Fsp3) is 0.724. The van der Waals surface area contributed by atoms with E-state index in [1.54, 1.807) is 0 Å². The van der Waals surface area contributed by atoms with Gasteiger partial charge in [0.05, 0.1) is 26.4 Å². The predicted octanol–water partition coefficient (Wildman–Crippen LogP) is 24.7. The summed E-state index contributed by atoms with van der Waals surface area (Å²) in [5.41, 5.74) is 0. The first kappa shape index (κ1) is 101. The molecule has 0 aliphatic carbocycles. The van der Waals surface area contributed by atoms with Gasteiger partial charge < -0.3 is 33.8 Å². The number of phosphoric acid groups is 2. The van der Waals surface area contributed by atoms with Gasteiger partial charge in [-0.05, 0) is 135 Å². The van der Waals surface area contributed by atoms with Gasteiger partial charge in [0, 0.05) is 25.7 Å². The summed E-state index contributed by atoms with van der Waals surface area (Å²) in [5, 5.41) is 10.7. The van der Waals surface area contributed by atoms with E-state index in [1.165, 1.54) is 141 Å². The third-order valence-electron chi connectivity index (χ3n) is 17.4. The van der Waals surface area contributed by atoms with Crippen LogP contribution in [-0.2, 0) is 65.4 Å². The van der Waals surface area contributed by atoms with Gasteiger partial charge in [-0.1, -0.05) is 310 Å². The van der Waals surface area contributed by atoms with Crippen LogP contribution < -0.4 is 0 Å². The Balaban J connectivity index is 5.46. The number of carbonyl (C=O) groups is 4. The second kappa shape index (κ2) is 78.6. The Morgan fingerprint density at radius 1 is 0.264 bits per heavy atom. The maximum atomic E-state index is 13.1. The number of hydrogen-bond donors (Lipinski definition) is 3. The van der Waals surface area contributed by atoms with E-state index in [2.05, 4.69) is 125 Å². The molecule has 0 saturated carbocycles. The monoisotopic (exact) mass is 1530 g/mol. The number of aliphatic hydroxyl groups excluding tert-OH is 1. The minimum Gasteiger partial charge on any atom is -0.462 e. The van der Waals surface area contributed by atoms with Crippen LogP contribution in [0, 0.1) is 0 Å². The fourth-order valence-corrected chi connectivity index (χ4v) is 12.6. The number of rotatable bonds is 78. The SMILES string of the molecule is CCCCC/C=C\C/C=C\C/C=C\C/C=C\CCCC(=O)OC[C@H](COP(=O)(O)OC[C@H](O)COP(=O)(O)OC[C@@H](COC(=O)CCCCCCCCCCCCCCCCCCC)OC(=O)CCCCCCC/C=C\C/C=C\CCCCC)OC(=O)CCC/C=C\C/C=C\C/C=C\C/C=C\CCCCC. The largest absolute Gasteiger partial charge is 0.472 e. The highest BCUT2D eigenvalue weighted by molar-refractivity contribution is 7.47. The zero-order valence-electron chi connectivity index (χ0n) is 66.8. The molecule has 0 aromatic rings. The average Bonchev–Trinajstić information content (AvgIpc) is 0.902. The molecule has 610 valence electrons. The van der Waals surface area contributed by atoms with Crippen LogP contribution in [0.4, 0.5) is 0 Å². The standard InChI is InChI=1S/C87H150O17P2/c1-5-9-13-17-21-25-29-33-37-40-44-47-51-55-59-63-67-71-84(89)97-77-82(103-86(91)73-69-65-61-57-53-49-43-36-32-28-24-20-16-12-8-4)79-101-105(93,94)99-75-81(88)76-100-106(95,96)102-80-83(104-87(92)74-70-66-62-58-54-50-46-42-39-35-31-27-23-19-15-11-7-3)78-98-85(90)72-68-64-60-56-52-48-45-41-38-34-30-26-22-18-14-10-6-2/h22-24,26-28,34-36,38-39,43,45-46,48,50,56,58,60,62,81-83,88H,5-21,25,29-33,37,40-42,44,47,49,51-55,57,59,61,63-80H2,1-4H3,(H,93,94)(H,95,96)/b26-22-,27-23-,28-24-,38-34-,39-35-,43-36-,48-45-,50-46-,60-56-,62-58-/t81-,82-,83-/m1/s1. The van der Waals surface area contributed by atoms with Gasteiger partial charge in [0.1, 0.15) is 19.3 Å². The molecule has 0 aromatic carbocycles. The van der Waals surface area contributed by atoms with Crippen LogP contribution in [0.3, 0.4) is 0 Å². The molecule has 0 aliphatic rings. The number of carbonyl (C=O) groups excluding carboxylic acids is 4. The Labute approximate surface area is 644 Å². The van der Waals surface area contributed by atoms with Gasteiger partial charge >= 0.3 is 39.5 Å². The summed E-state index contributed by atoms with van der Waals surface area (Å²) in [6, 6.07) is 0. The van der Waals surface area contributed by atoms with E-state index in [4.69, 9.17) is 37.0 Å². The minimum atomic E-state index is -5.01. The normalized spacial score (nSPS) is 14.4. The quantitative estimate of drug-likeness (QED) is 0.0169. The van der Waals surface area contributed by atoms with Crippen molar-refractivity contribution < 1.29 is 80.2 Å². The first-order valence-electron chi connectivity index (χ1n) is 41.8. The smallest absolute Gasteiger partial charge is 0.462 e. The van der Waals surface area contributed by atoms with Crippen LogP contribution in [0.25, 0.3) is 0 Å². The van der Waals surface area contributed by atoms with E-state index in [1.807, 2.05) is 24.3 Å². The van der Waals surface area contributed by atoms with Crippen molar-refractivity contribution in [1.82, 2.24) is 0 Å². The van der Waals surface area contributed by atoms with Gasteiger partial charge in [0.25, 0.3) is 0 Å². The molecule has 0 aromatic heterocycles. The molecule has 0 heterocycles. The van der Waals surface area contributed by atoms with Crippen LogP contribution in [0.5, 0.6) is 0 Å². The van der Waals surface area contributed by atoms with Crippen LogP contribution in [0.15, 0.2) is 122 Å². The number of phosphoric ester groups is 2. The van der Waals surface area contributed by atoms with E-state index in [0.717, 1.165) is 116 Å². The molecule has 5 atom stereocenters. The van der Waals surface area contributed by atoms with E-state index >= 15 is 0 Å². The molecule has 0 radical (unpaired) electrons. The molecule has 3 N–H and O–H groups in total. The lowest BCUT2D eigenvalue weighted by molar-refractivity contribution is -0.161. The van der Waals surface area contributed by atoms with Gasteiger partial charge in [-0.15, -0.1) is 0 Å². The molecular formula is C87H150O17P2. The van der Waals surface area contributed by atoms with Gasteiger partial charge in [0.2, 0.25) is 0 Å². The summed E-state index contributed by atoms with van der Waals surface area (Å²) < 4.78 is 68.6. The van der Waals surface area contributed by atoms with Crippen LogP contribution >= 0.6 is 15.6 Å². The van der Waals surface area contributed by atoms with Crippen molar-refractivity contribution in [2.45, 2.75) is 367 Å². The molecule has 0 aliphatic heterocycles. The first-order valence-corrected chi connectivity index (χ1v) is 44.8. The van der Waals surface area contributed by atoms with Crippen molar-refractivity contribution >= 4 is 39.5 Å². The number of aliphatic hydroxyl groups is 1.